The molecule has 9 heteroatoms. The molecule has 184 valence electrons. The maximum absolute atomic E-state index is 12.7. The molecule has 0 aromatic heterocycles. The lowest BCUT2D eigenvalue weighted by Gasteiger charge is -2.28. The summed E-state index contributed by atoms with van der Waals surface area (Å²) in [5, 5.41) is 4.08. The lowest BCUT2D eigenvalue weighted by molar-refractivity contribution is -0.124. The Kier molecular flexibility index (Phi) is 6.31. The van der Waals surface area contributed by atoms with Crippen LogP contribution in [-0.4, -0.2) is 39.2 Å². The Morgan fingerprint density at radius 3 is 2.43 bits per heavy atom. The minimum absolute atomic E-state index is 0.162. The maximum atomic E-state index is 12.7. The van der Waals surface area contributed by atoms with Crippen molar-refractivity contribution < 1.29 is 22.7 Å². The number of sulfonamides is 1. The van der Waals surface area contributed by atoms with Gasteiger partial charge in [0.1, 0.15) is 5.75 Å². The normalized spacial score (nSPS) is 17.2. The van der Waals surface area contributed by atoms with Crippen molar-refractivity contribution in [1.29, 1.82) is 0 Å². The van der Waals surface area contributed by atoms with Gasteiger partial charge >= 0.3 is 0 Å². The molecule has 2 aliphatic rings. The standard InChI is InChI=1S/C26H29N3O5S/c1-26(2,3)22-14-18(29-11-10-19(30)15-24(29)31)13-21(25(22)34-4)17-6-8-20-16(12-17)7-9-23(20)27-28-35(5,32)33/h6,8,10-14,28H,7,9,15H2,1-5H3/b27-23+. The molecule has 0 bridgehead atoms. The number of allylic oxidation sites excluding steroid dienone is 1. The van der Waals surface area contributed by atoms with Crippen molar-refractivity contribution in [3.8, 4) is 16.9 Å². The van der Waals surface area contributed by atoms with E-state index in [0.717, 1.165) is 46.2 Å². The number of aryl methyl sites for hydroxylation is 1. The van der Waals surface area contributed by atoms with Crippen LogP contribution in [0, 0.1) is 0 Å². The van der Waals surface area contributed by atoms with Gasteiger partial charge in [0.2, 0.25) is 15.9 Å². The number of amides is 1. The van der Waals surface area contributed by atoms with E-state index in [9.17, 15) is 18.0 Å². The Morgan fingerprint density at radius 2 is 1.80 bits per heavy atom. The molecule has 0 radical (unpaired) electrons. The molecule has 0 spiro atoms. The number of hydrogen-bond acceptors (Lipinski definition) is 6. The molecule has 0 saturated carbocycles. The molecule has 1 N–H and O–H groups in total. The molecule has 1 amide bonds. The van der Waals surface area contributed by atoms with Gasteiger partial charge in [-0.3, -0.25) is 14.5 Å². The smallest absolute Gasteiger partial charge is 0.244 e. The summed E-state index contributed by atoms with van der Waals surface area (Å²) >= 11 is 0. The van der Waals surface area contributed by atoms with Crippen LogP contribution < -0.4 is 14.5 Å². The number of nitrogens with zero attached hydrogens (tertiary/aromatic N) is 2. The Balaban J connectivity index is 1.85. The SMILES string of the molecule is COc1c(-c2ccc3c(c2)CC/C3=N\NS(C)(=O)=O)cc(N2C=CC(=O)CC2=O)cc1C(C)(C)C. The highest BCUT2D eigenvalue weighted by Crippen LogP contribution is 2.43. The number of methoxy groups -OCH3 is 1. The third-order valence-electron chi connectivity index (χ3n) is 6.07. The molecule has 1 aliphatic heterocycles. The van der Waals surface area contributed by atoms with Gasteiger partial charge in [-0.05, 0) is 47.6 Å². The summed E-state index contributed by atoms with van der Waals surface area (Å²) in [6, 6.07) is 9.79. The predicted octanol–water partition coefficient (Wildman–Crippen LogP) is 3.68. The Hall–Kier alpha value is -3.46. The number of fused-ring (bicyclic) bond motifs is 1. The molecule has 2 aromatic rings. The van der Waals surface area contributed by atoms with E-state index in [-0.39, 0.29) is 23.5 Å². The van der Waals surface area contributed by atoms with Gasteiger partial charge in [-0.1, -0.05) is 39.0 Å². The number of hydrogen-bond donors (Lipinski definition) is 1. The summed E-state index contributed by atoms with van der Waals surface area (Å²) in [5.74, 6) is 0.232. The zero-order valence-corrected chi connectivity index (χ0v) is 21.3. The van der Waals surface area contributed by atoms with Crippen LogP contribution in [0.5, 0.6) is 5.75 Å². The first-order valence-corrected chi connectivity index (χ1v) is 13.2. The van der Waals surface area contributed by atoms with Crippen LogP contribution in [0.25, 0.3) is 11.1 Å². The zero-order valence-electron chi connectivity index (χ0n) is 20.5. The first kappa shape index (κ1) is 24.7. The van der Waals surface area contributed by atoms with Crippen LogP contribution in [0.1, 0.15) is 50.3 Å². The van der Waals surface area contributed by atoms with Crippen LogP contribution >= 0.6 is 0 Å². The van der Waals surface area contributed by atoms with Gasteiger partial charge in [-0.25, -0.2) is 13.2 Å². The molecule has 0 atom stereocenters. The van der Waals surface area contributed by atoms with Crippen LogP contribution in [0.2, 0.25) is 0 Å². The summed E-state index contributed by atoms with van der Waals surface area (Å²) in [6.07, 6.45) is 5.21. The van der Waals surface area contributed by atoms with Crippen molar-refractivity contribution in [3.63, 3.8) is 0 Å². The van der Waals surface area contributed by atoms with Crippen molar-refractivity contribution >= 4 is 33.1 Å². The highest BCUT2D eigenvalue weighted by Gasteiger charge is 2.28. The second kappa shape index (κ2) is 8.96. The average Bonchev–Trinajstić information content (AvgIpc) is 3.18. The molecule has 1 heterocycles. The maximum Gasteiger partial charge on any atom is 0.244 e. The molecule has 1 aliphatic carbocycles. The molecule has 2 aromatic carbocycles. The van der Waals surface area contributed by atoms with E-state index in [1.54, 1.807) is 7.11 Å². The van der Waals surface area contributed by atoms with E-state index in [4.69, 9.17) is 4.74 Å². The first-order chi connectivity index (χ1) is 16.4. The third kappa shape index (κ3) is 5.14. The molecule has 0 saturated heterocycles. The zero-order chi connectivity index (χ0) is 25.5. The molecule has 4 rings (SSSR count). The fourth-order valence-corrected chi connectivity index (χ4v) is 4.68. The van der Waals surface area contributed by atoms with Gasteiger partial charge in [0.05, 0.1) is 25.5 Å². The number of ketones is 1. The lowest BCUT2D eigenvalue weighted by atomic mass is 9.83. The van der Waals surface area contributed by atoms with E-state index in [0.29, 0.717) is 17.8 Å². The van der Waals surface area contributed by atoms with Crippen molar-refractivity contribution in [2.45, 2.75) is 45.4 Å². The summed E-state index contributed by atoms with van der Waals surface area (Å²) in [7, 11) is -1.80. The number of anilines is 1. The van der Waals surface area contributed by atoms with Gasteiger partial charge in [-0.2, -0.15) is 5.10 Å². The van der Waals surface area contributed by atoms with Crippen LogP contribution in [0.3, 0.4) is 0 Å². The van der Waals surface area contributed by atoms with Crippen molar-refractivity contribution in [1.82, 2.24) is 4.83 Å². The summed E-state index contributed by atoms with van der Waals surface area (Å²) in [6.45, 7) is 6.24. The van der Waals surface area contributed by atoms with E-state index >= 15 is 0 Å². The highest BCUT2D eigenvalue weighted by molar-refractivity contribution is 7.88. The second-order valence-corrected chi connectivity index (χ2v) is 11.6. The number of carbonyl (C=O) groups excluding carboxylic acids is 2. The van der Waals surface area contributed by atoms with Gasteiger partial charge in [-0.15, -0.1) is 0 Å². The first-order valence-electron chi connectivity index (χ1n) is 11.3. The van der Waals surface area contributed by atoms with Crippen LogP contribution in [-0.2, 0) is 31.4 Å². The molecule has 0 fully saturated rings. The number of rotatable bonds is 5. The summed E-state index contributed by atoms with van der Waals surface area (Å²) < 4.78 is 28.8. The fraction of sp³-hybridized carbons (Fsp3) is 0.346. The van der Waals surface area contributed by atoms with Gasteiger partial charge in [0.15, 0.2) is 5.78 Å². The van der Waals surface area contributed by atoms with E-state index in [1.165, 1.54) is 17.2 Å². The number of benzene rings is 2. The fourth-order valence-electron chi connectivity index (χ4n) is 4.40. The highest BCUT2D eigenvalue weighted by atomic mass is 32.2. The predicted molar refractivity (Wildman–Crippen MR) is 136 cm³/mol. The van der Waals surface area contributed by atoms with Crippen molar-refractivity contribution in [3.05, 3.63) is 59.3 Å². The molecule has 35 heavy (non-hydrogen) atoms. The second-order valence-electron chi connectivity index (χ2n) is 9.84. The topological polar surface area (TPSA) is 105 Å². The Bertz CT molecular complexity index is 1380. The Labute approximate surface area is 205 Å². The largest absolute Gasteiger partial charge is 0.496 e. The third-order valence-corrected chi connectivity index (χ3v) is 6.50. The molecular weight excluding hydrogens is 466 g/mol. The van der Waals surface area contributed by atoms with Crippen LogP contribution in [0.15, 0.2) is 47.7 Å². The van der Waals surface area contributed by atoms with E-state index in [2.05, 4.69) is 36.8 Å². The minimum Gasteiger partial charge on any atom is -0.496 e. The van der Waals surface area contributed by atoms with Gasteiger partial charge in [0.25, 0.3) is 0 Å². The molecular formula is C26H29N3O5S. The van der Waals surface area contributed by atoms with Gasteiger partial charge in [0, 0.05) is 28.6 Å². The minimum atomic E-state index is -3.43. The quantitative estimate of drug-likeness (QED) is 0.503. The number of nitrogens with one attached hydrogen (secondary N) is 1. The molecule has 8 nitrogen and oxygen atoms in total. The van der Waals surface area contributed by atoms with Crippen molar-refractivity contribution in [2.75, 3.05) is 18.3 Å². The van der Waals surface area contributed by atoms with Crippen molar-refractivity contribution in [2.24, 2.45) is 5.10 Å². The number of carbonyl (C=O) groups is 2. The number of hydrazone groups is 1. The number of ether oxygens (including phenoxy) is 1. The van der Waals surface area contributed by atoms with E-state index < -0.39 is 10.0 Å². The van der Waals surface area contributed by atoms with Crippen LogP contribution in [0.4, 0.5) is 5.69 Å². The molecule has 0 unspecified atom stereocenters. The summed E-state index contributed by atoms with van der Waals surface area (Å²) in [4.78, 5) is 28.1. The van der Waals surface area contributed by atoms with E-state index in [1.807, 2.05) is 24.3 Å². The lowest BCUT2D eigenvalue weighted by Crippen LogP contribution is -2.31. The average molecular weight is 496 g/mol. The Morgan fingerprint density at radius 1 is 1.06 bits per heavy atom. The van der Waals surface area contributed by atoms with Gasteiger partial charge < -0.3 is 4.74 Å². The monoisotopic (exact) mass is 495 g/mol. The summed E-state index contributed by atoms with van der Waals surface area (Å²) in [5.41, 5.74) is 5.73.